The molecule has 1 heterocycles. The summed E-state index contributed by atoms with van der Waals surface area (Å²) in [6.07, 6.45) is 3.31. The van der Waals surface area contributed by atoms with Crippen molar-refractivity contribution in [2.75, 3.05) is 23.3 Å². The first kappa shape index (κ1) is 16.0. The fourth-order valence-electron chi connectivity index (χ4n) is 1.77. The molecule has 19 heavy (non-hydrogen) atoms. The molecule has 1 aromatic heterocycles. The fraction of sp³-hybridized carbons (Fsp3) is 0.769. The van der Waals surface area contributed by atoms with Gasteiger partial charge in [-0.15, -0.1) is 0 Å². The number of unbranched alkanes of at least 4 members (excludes halogenated alkanes) is 1. The van der Waals surface area contributed by atoms with Gasteiger partial charge >= 0.3 is 0 Å². The van der Waals surface area contributed by atoms with Gasteiger partial charge in [-0.25, -0.2) is 0 Å². The van der Waals surface area contributed by atoms with Crippen LogP contribution in [0.15, 0.2) is 0 Å². The van der Waals surface area contributed by atoms with Crippen LogP contribution in [0.25, 0.3) is 0 Å². The van der Waals surface area contributed by atoms with Crippen LogP contribution in [0.4, 0.5) is 11.9 Å². The Morgan fingerprint density at radius 2 is 1.95 bits per heavy atom. The van der Waals surface area contributed by atoms with Crippen LogP contribution in [0.1, 0.15) is 47.0 Å². The Morgan fingerprint density at radius 3 is 2.53 bits per heavy atom. The molecule has 1 aromatic rings. The van der Waals surface area contributed by atoms with E-state index >= 15 is 0 Å². The molecule has 108 valence electrons. The summed E-state index contributed by atoms with van der Waals surface area (Å²) in [5.41, 5.74) is 0. The van der Waals surface area contributed by atoms with Crippen LogP contribution < -0.4 is 10.2 Å². The Morgan fingerprint density at radius 1 is 1.21 bits per heavy atom. The highest BCUT2D eigenvalue weighted by Gasteiger charge is 2.17. The van der Waals surface area contributed by atoms with Gasteiger partial charge in [0.15, 0.2) is 0 Å². The largest absolute Gasteiger partial charge is 0.354 e. The van der Waals surface area contributed by atoms with E-state index in [9.17, 15) is 0 Å². The molecule has 0 spiro atoms. The van der Waals surface area contributed by atoms with E-state index in [1.165, 1.54) is 0 Å². The molecule has 0 aliphatic rings. The molecule has 0 saturated heterocycles. The molecule has 0 saturated carbocycles. The number of hydrogen-bond acceptors (Lipinski definition) is 5. The van der Waals surface area contributed by atoms with Crippen molar-refractivity contribution in [2.24, 2.45) is 0 Å². The van der Waals surface area contributed by atoms with E-state index in [2.05, 4.69) is 45.9 Å². The van der Waals surface area contributed by atoms with Gasteiger partial charge in [0.1, 0.15) is 0 Å². The molecule has 1 unspecified atom stereocenters. The lowest BCUT2D eigenvalue weighted by molar-refractivity contribution is 0.581. The number of anilines is 2. The molecule has 1 N–H and O–H groups in total. The summed E-state index contributed by atoms with van der Waals surface area (Å²) in [7, 11) is 0. The Kier molecular flexibility index (Phi) is 6.84. The lowest BCUT2D eigenvalue weighted by Gasteiger charge is -2.28. The van der Waals surface area contributed by atoms with E-state index in [0.717, 1.165) is 32.4 Å². The predicted octanol–water partition coefficient (Wildman–Crippen LogP) is 3.36. The zero-order chi connectivity index (χ0) is 14.3. The number of nitrogens with zero attached hydrogens (tertiary/aromatic N) is 4. The molecule has 0 aliphatic carbocycles. The van der Waals surface area contributed by atoms with Crippen LogP contribution in [-0.2, 0) is 0 Å². The molecular formula is C13H24ClN5. The molecule has 0 aromatic carbocycles. The van der Waals surface area contributed by atoms with Crippen LogP contribution in [0, 0.1) is 0 Å². The lowest BCUT2D eigenvalue weighted by atomic mass is 10.2. The molecule has 0 fully saturated rings. The first-order chi connectivity index (χ1) is 9.12. The minimum atomic E-state index is 0.241. The van der Waals surface area contributed by atoms with Crippen molar-refractivity contribution in [3.05, 3.63) is 5.28 Å². The maximum atomic E-state index is 5.98. The molecule has 0 radical (unpaired) electrons. The maximum absolute atomic E-state index is 5.98. The zero-order valence-corrected chi connectivity index (χ0v) is 13.0. The summed E-state index contributed by atoms with van der Waals surface area (Å²) in [6, 6.07) is 0.388. The highest BCUT2D eigenvalue weighted by Crippen LogP contribution is 2.18. The van der Waals surface area contributed by atoms with Gasteiger partial charge in [-0.1, -0.05) is 20.3 Å². The van der Waals surface area contributed by atoms with Crippen LogP contribution in [-0.4, -0.2) is 34.1 Å². The van der Waals surface area contributed by atoms with Gasteiger partial charge in [-0.05, 0) is 38.3 Å². The van der Waals surface area contributed by atoms with E-state index in [4.69, 9.17) is 11.6 Å². The van der Waals surface area contributed by atoms with Gasteiger partial charge in [0.2, 0.25) is 17.2 Å². The number of hydrogen-bond donors (Lipinski definition) is 1. The summed E-state index contributed by atoms with van der Waals surface area (Å²) in [5, 5.41) is 3.32. The Hall–Kier alpha value is -1.10. The monoisotopic (exact) mass is 285 g/mol. The molecular weight excluding hydrogens is 262 g/mol. The van der Waals surface area contributed by atoms with Crippen molar-refractivity contribution in [1.29, 1.82) is 0 Å². The lowest BCUT2D eigenvalue weighted by Crippen LogP contribution is -2.35. The van der Waals surface area contributed by atoms with Crippen molar-refractivity contribution in [1.82, 2.24) is 15.0 Å². The highest BCUT2D eigenvalue weighted by atomic mass is 35.5. The number of halogens is 1. The van der Waals surface area contributed by atoms with Crippen LogP contribution in [0.3, 0.4) is 0 Å². The minimum absolute atomic E-state index is 0.241. The van der Waals surface area contributed by atoms with Gasteiger partial charge in [-0.3, -0.25) is 0 Å². The van der Waals surface area contributed by atoms with Crippen LogP contribution >= 0.6 is 11.6 Å². The third kappa shape index (κ3) is 4.82. The van der Waals surface area contributed by atoms with Gasteiger partial charge in [0.25, 0.3) is 0 Å². The van der Waals surface area contributed by atoms with E-state index in [1.54, 1.807) is 0 Å². The second-order valence-corrected chi connectivity index (χ2v) is 4.90. The highest BCUT2D eigenvalue weighted by molar-refractivity contribution is 6.28. The second-order valence-electron chi connectivity index (χ2n) is 4.56. The van der Waals surface area contributed by atoms with Crippen molar-refractivity contribution in [3.8, 4) is 0 Å². The summed E-state index contributed by atoms with van der Waals surface area (Å²) >= 11 is 5.98. The van der Waals surface area contributed by atoms with Crippen LogP contribution in [0.2, 0.25) is 5.28 Å². The second kappa shape index (κ2) is 8.15. The van der Waals surface area contributed by atoms with Crippen molar-refractivity contribution >= 4 is 23.5 Å². The Bertz CT molecular complexity index is 385. The van der Waals surface area contributed by atoms with E-state index < -0.39 is 0 Å². The SMILES string of the molecule is CCCCN(c1nc(Cl)nc(NCC)n1)C(C)CC. The minimum Gasteiger partial charge on any atom is -0.354 e. The topological polar surface area (TPSA) is 53.9 Å². The summed E-state index contributed by atoms with van der Waals surface area (Å²) in [6.45, 7) is 10.2. The Balaban J connectivity index is 2.99. The number of nitrogens with one attached hydrogen (secondary N) is 1. The van der Waals surface area contributed by atoms with Gasteiger partial charge in [0, 0.05) is 19.1 Å². The summed E-state index contributed by atoms with van der Waals surface area (Å²) < 4.78 is 0. The van der Waals surface area contributed by atoms with Gasteiger partial charge in [0.05, 0.1) is 0 Å². The Labute approximate surface area is 120 Å². The molecule has 1 rings (SSSR count). The molecule has 0 amide bonds. The average molecular weight is 286 g/mol. The normalized spacial score (nSPS) is 12.3. The standard InChI is InChI=1S/C13H24ClN5/c1-5-8-9-19(10(4)6-2)13-17-11(14)16-12(18-13)15-7-3/h10H,5-9H2,1-4H3,(H,15,16,17,18). The fourth-order valence-corrected chi connectivity index (χ4v) is 1.93. The van der Waals surface area contributed by atoms with Crippen molar-refractivity contribution in [3.63, 3.8) is 0 Å². The summed E-state index contributed by atoms with van der Waals surface area (Å²) in [4.78, 5) is 15.0. The molecule has 0 bridgehead atoms. The quantitative estimate of drug-likeness (QED) is 0.794. The van der Waals surface area contributed by atoms with Crippen molar-refractivity contribution in [2.45, 2.75) is 53.0 Å². The van der Waals surface area contributed by atoms with Gasteiger partial charge < -0.3 is 10.2 Å². The van der Waals surface area contributed by atoms with Gasteiger partial charge in [-0.2, -0.15) is 15.0 Å². The third-order valence-electron chi connectivity index (χ3n) is 3.06. The number of aromatic nitrogens is 3. The van der Waals surface area contributed by atoms with E-state index in [1.807, 2.05) is 6.92 Å². The van der Waals surface area contributed by atoms with Crippen molar-refractivity contribution < 1.29 is 0 Å². The third-order valence-corrected chi connectivity index (χ3v) is 3.23. The first-order valence-electron chi connectivity index (χ1n) is 7.04. The van der Waals surface area contributed by atoms with E-state index in [0.29, 0.717) is 17.9 Å². The molecule has 1 atom stereocenters. The average Bonchev–Trinajstić information content (AvgIpc) is 2.38. The molecule has 6 heteroatoms. The predicted molar refractivity (Wildman–Crippen MR) is 81.0 cm³/mol. The molecule has 0 aliphatic heterocycles. The number of rotatable bonds is 8. The van der Waals surface area contributed by atoms with Crippen LogP contribution in [0.5, 0.6) is 0 Å². The molecule has 5 nitrogen and oxygen atoms in total. The summed E-state index contributed by atoms with van der Waals surface area (Å²) in [5.74, 6) is 1.21. The van der Waals surface area contributed by atoms with E-state index in [-0.39, 0.29) is 5.28 Å². The zero-order valence-electron chi connectivity index (χ0n) is 12.3. The maximum Gasteiger partial charge on any atom is 0.231 e. The smallest absolute Gasteiger partial charge is 0.231 e. The first-order valence-corrected chi connectivity index (χ1v) is 7.42.